The summed E-state index contributed by atoms with van der Waals surface area (Å²) in [6.45, 7) is 1.90. The molecule has 0 aliphatic carbocycles. The lowest BCUT2D eigenvalue weighted by molar-refractivity contribution is -0.110. The second-order valence-electron chi connectivity index (χ2n) is 5.99. The maximum Gasteiger partial charge on any atom is 0.207 e. The molecule has 0 saturated heterocycles. The van der Waals surface area contributed by atoms with Crippen molar-refractivity contribution >= 4 is 23.6 Å². The summed E-state index contributed by atoms with van der Waals surface area (Å²) in [4.78, 5) is 15.7. The van der Waals surface area contributed by atoms with Gasteiger partial charge in [0.25, 0.3) is 0 Å². The van der Waals surface area contributed by atoms with Crippen LogP contribution in [0.2, 0.25) is 0 Å². The van der Waals surface area contributed by atoms with E-state index in [9.17, 15) is 9.18 Å². The van der Waals surface area contributed by atoms with Gasteiger partial charge in [0.1, 0.15) is 17.4 Å². The van der Waals surface area contributed by atoms with Crippen LogP contribution in [0, 0.1) is 12.7 Å². The third kappa shape index (κ3) is 3.34. The van der Waals surface area contributed by atoms with Crippen LogP contribution < -0.4 is 10.6 Å². The van der Waals surface area contributed by atoms with Gasteiger partial charge in [-0.3, -0.25) is 9.89 Å². The van der Waals surface area contributed by atoms with Crippen LogP contribution in [0.1, 0.15) is 23.1 Å². The number of nitrogens with zero attached hydrogens (tertiary/aromatic N) is 4. The molecule has 1 unspecified atom stereocenters. The number of anilines is 2. The van der Waals surface area contributed by atoms with E-state index in [1.165, 1.54) is 12.1 Å². The molecule has 0 aliphatic heterocycles. The molecule has 136 valence electrons. The number of hydrogen-bond donors (Lipinski definition) is 3. The van der Waals surface area contributed by atoms with Crippen LogP contribution in [0.15, 0.2) is 48.7 Å². The number of nitrogens with one attached hydrogen (secondary N) is 3. The molecule has 1 atom stereocenters. The van der Waals surface area contributed by atoms with Crippen molar-refractivity contribution in [3.8, 4) is 0 Å². The highest BCUT2D eigenvalue weighted by Crippen LogP contribution is 2.24. The molecule has 1 aromatic carbocycles. The zero-order valence-electron chi connectivity index (χ0n) is 14.3. The SMILES string of the molecule is Cc1cc(Nc2nc(C(NC=O)c3ccc(F)cc3)nn3cccc23)n[nH]1. The van der Waals surface area contributed by atoms with Crippen LogP contribution in [-0.2, 0) is 4.79 Å². The van der Waals surface area contributed by atoms with Gasteiger partial charge in [-0.25, -0.2) is 13.9 Å². The maximum absolute atomic E-state index is 13.3. The van der Waals surface area contributed by atoms with E-state index in [4.69, 9.17) is 0 Å². The van der Waals surface area contributed by atoms with Gasteiger partial charge in [0.05, 0.1) is 0 Å². The van der Waals surface area contributed by atoms with Gasteiger partial charge < -0.3 is 10.6 Å². The molecule has 27 heavy (non-hydrogen) atoms. The van der Waals surface area contributed by atoms with Gasteiger partial charge in [-0.2, -0.15) is 5.10 Å². The molecule has 0 spiro atoms. The molecule has 3 aromatic heterocycles. The fourth-order valence-electron chi connectivity index (χ4n) is 2.81. The number of benzene rings is 1. The molecule has 3 heterocycles. The first-order valence-electron chi connectivity index (χ1n) is 8.23. The van der Waals surface area contributed by atoms with Crippen LogP contribution in [-0.4, -0.2) is 31.2 Å². The van der Waals surface area contributed by atoms with E-state index >= 15 is 0 Å². The van der Waals surface area contributed by atoms with Gasteiger partial charge in [0.2, 0.25) is 6.41 Å². The lowest BCUT2D eigenvalue weighted by Crippen LogP contribution is -2.24. The second-order valence-corrected chi connectivity index (χ2v) is 5.99. The van der Waals surface area contributed by atoms with E-state index in [1.807, 2.05) is 25.1 Å². The number of hydrogen-bond acceptors (Lipinski definition) is 5. The third-order valence-electron chi connectivity index (χ3n) is 4.06. The van der Waals surface area contributed by atoms with Gasteiger partial charge in [-0.15, -0.1) is 5.10 Å². The third-order valence-corrected chi connectivity index (χ3v) is 4.06. The van der Waals surface area contributed by atoms with Crippen molar-refractivity contribution in [2.45, 2.75) is 13.0 Å². The normalized spacial score (nSPS) is 12.1. The molecule has 4 rings (SSSR count). The molecule has 0 saturated carbocycles. The van der Waals surface area contributed by atoms with Crippen LogP contribution in [0.3, 0.4) is 0 Å². The fourth-order valence-corrected chi connectivity index (χ4v) is 2.81. The summed E-state index contributed by atoms with van der Waals surface area (Å²) in [6, 6.07) is 10.8. The summed E-state index contributed by atoms with van der Waals surface area (Å²) in [6.07, 6.45) is 2.35. The van der Waals surface area contributed by atoms with Crippen LogP contribution in [0.25, 0.3) is 5.52 Å². The Labute approximate surface area is 153 Å². The highest BCUT2D eigenvalue weighted by atomic mass is 19.1. The first-order chi connectivity index (χ1) is 13.1. The van der Waals surface area contributed by atoms with Crippen molar-refractivity contribution < 1.29 is 9.18 Å². The molecular weight excluding hydrogens is 349 g/mol. The average Bonchev–Trinajstić information content (AvgIpc) is 3.29. The predicted octanol–water partition coefficient (Wildman–Crippen LogP) is 2.48. The van der Waals surface area contributed by atoms with Crippen molar-refractivity contribution in [3.63, 3.8) is 0 Å². The molecule has 0 fully saturated rings. The van der Waals surface area contributed by atoms with Crippen molar-refractivity contribution in [1.82, 2.24) is 30.1 Å². The molecule has 9 heteroatoms. The number of carbonyl (C=O) groups excluding carboxylic acids is 1. The Morgan fingerprint density at radius 2 is 2.07 bits per heavy atom. The summed E-state index contributed by atoms with van der Waals surface area (Å²) in [7, 11) is 0. The summed E-state index contributed by atoms with van der Waals surface area (Å²) in [5, 5.41) is 17.4. The first-order valence-corrected chi connectivity index (χ1v) is 8.23. The van der Waals surface area contributed by atoms with Gasteiger partial charge in [0.15, 0.2) is 17.5 Å². The van der Waals surface area contributed by atoms with E-state index in [1.54, 1.807) is 22.8 Å². The number of fused-ring (bicyclic) bond motifs is 1. The number of H-pyrrole nitrogens is 1. The summed E-state index contributed by atoms with van der Waals surface area (Å²) in [5.74, 6) is 1.15. The fraction of sp³-hybridized carbons (Fsp3) is 0.111. The van der Waals surface area contributed by atoms with Crippen LogP contribution in [0.4, 0.5) is 16.0 Å². The Bertz CT molecular complexity index is 1090. The molecule has 0 radical (unpaired) electrons. The Balaban J connectivity index is 1.79. The van der Waals surface area contributed by atoms with E-state index in [2.05, 4.69) is 30.9 Å². The Kier molecular flexibility index (Phi) is 4.25. The van der Waals surface area contributed by atoms with E-state index in [-0.39, 0.29) is 5.82 Å². The van der Waals surface area contributed by atoms with E-state index in [0.29, 0.717) is 29.4 Å². The molecule has 4 aromatic rings. The van der Waals surface area contributed by atoms with Gasteiger partial charge >= 0.3 is 0 Å². The Hall–Kier alpha value is -3.75. The molecule has 0 bridgehead atoms. The molecule has 1 amide bonds. The number of aromatic nitrogens is 5. The molecule has 0 aliphatic rings. The number of carbonyl (C=O) groups is 1. The van der Waals surface area contributed by atoms with Crippen molar-refractivity contribution in [2.24, 2.45) is 0 Å². The van der Waals surface area contributed by atoms with E-state index in [0.717, 1.165) is 11.2 Å². The molecule has 3 N–H and O–H groups in total. The standard InChI is InChI=1S/C18H16FN7O/c1-11-9-15(24-23-11)21-17-14-3-2-8-26(14)25-18(22-17)16(20-10-27)12-4-6-13(19)7-5-12/h2-10,16H,1H3,(H,20,27)(H2,21,22,23,24,25). The average molecular weight is 365 g/mol. The lowest BCUT2D eigenvalue weighted by atomic mass is 10.1. The van der Waals surface area contributed by atoms with Crippen molar-refractivity contribution in [2.75, 3.05) is 5.32 Å². The van der Waals surface area contributed by atoms with E-state index < -0.39 is 6.04 Å². The van der Waals surface area contributed by atoms with Gasteiger partial charge in [0, 0.05) is 18.0 Å². The smallest absolute Gasteiger partial charge is 0.207 e. The minimum absolute atomic E-state index is 0.354. The van der Waals surface area contributed by atoms with Gasteiger partial charge in [-0.1, -0.05) is 12.1 Å². The Morgan fingerprint density at radius 1 is 1.26 bits per heavy atom. The summed E-state index contributed by atoms with van der Waals surface area (Å²) in [5.41, 5.74) is 2.32. The highest BCUT2D eigenvalue weighted by Gasteiger charge is 2.20. The van der Waals surface area contributed by atoms with Crippen molar-refractivity contribution in [3.05, 3.63) is 71.6 Å². The van der Waals surface area contributed by atoms with Crippen LogP contribution in [0.5, 0.6) is 0 Å². The molecule has 8 nitrogen and oxygen atoms in total. The minimum Gasteiger partial charge on any atom is -0.345 e. The topological polar surface area (TPSA) is 100 Å². The maximum atomic E-state index is 13.3. The highest BCUT2D eigenvalue weighted by molar-refractivity contribution is 5.72. The quantitative estimate of drug-likeness (QED) is 0.456. The van der Waals surface area contributed by atoms with Gasteiger partial charge in [-0.05, 0) is 36.8 Å². The summed E-state index contributed by atoms with van der Waals surface area (Å²) < 4.78 is 14.9. The minimum atomic E-state index is -0.628. The van der Waals surface area contributed by atoms with Crippen molar-refractivity contribution in [1.29, 1.82) is 0 Å². The number of halogens is 1. The molecular formula is C18H16FN7O. The zero-order valence-corrected chi connectivity index (χ0v) is 14.3. The zero-order chi connectivity index (χ0) is 18.8. The monoisotopic (exact) mass is 365 g/mol. The number of amides is 1. The predicted molar refractivity (Wildman–Crippen MR) is 97.0 cm³/mol. The van der Waals surface area contributed by atoms with Crippen LogP contribution >= 0.6 is 0 Å². The largest absolute Gasteiger partial charge is 0.345 e. The number of aromatic amines is 1. The second kappa shape index (κ2) is 6.87. The first kappa shape index (κ1) is 16.7. The lowest BCUT2D eigenvalue weighted by Gasteiger charge is -2.17. The Morgan fingerprint density at radius 3 is 2.78 bits per heavy atom. The summed E-state index contributed by atoms with van der Waals surface area (Å²) >= 11 is 0. The number of aryl methyl sites for hydroxylation is 1. The number of rotatable bonds is 6.